The summed E-state index contributed by atoms with van der Waals surface area (Å²) in [5, 5.41) is 17.1. The van der Waals surface area contributed by atoms with E-state index >= 15 is 0 Å². The van der Waals surface area contributed by atoms with Gasteiger partial charge in [0.1, 0.15) is 11.6 Å². The molecule has 0 bridgehead atoms. The molecule has 3 heterocycles. The lowest BCUT2D eigenvalue weighted by Gasteiger charge is -2.52. The van der Waals surface area contributed by atoms with Crippen LogP contribution in [0.15, 0.2) is 48.5 Å². The van der Waals surface area contributed by atoms with Crippen molar-refractivity contribution >= 4 is 35.8 Å². The summed E-state index contributed by atoms with van der Waals surface area (Å²) >= 11 is 0. The number of anilines is 1. The molecule has 3 saturated heterocycles. The molecular weight excluding hydrogens is 604 g/mol. The van der Waals surface area contributed by atoms with Gasteiger partial charge in [0.25, 0.3) is 0 Å². The molecule has 3 amide bonds. The Bertz CT molecular complexity index is 1300. The second-order valence-electron chi connectivity index (χ2n) is 13.4. The van der Waals surface area contributed by atoms with E-state index in [9.17, 15) is 19.5 Å². The number of nitrogens with one attached hydrogen (secondary N) is 2. The molecule has 10 heteroatoms. The number of hydrogen-bond donors (Lipinski definition) is 3. The smallest absolute Gasteiger partial charge is 0.248 e. The predicted octanol–water partition coefficient (Wildman–Crippen LogP) is 4.54. The van der Waals surface area contributed by atoms with Crippen molar-refractivity contribution < 1.29 is 24.2 Å². The first kappa shape index (κ1) is 35.9. The van der Waals surface area contributed by atoms with Crippen molar-refractivity contribution in [3.05, 3.63) is 65.2 Å². The van der Waals surface area contributed by atoms with Gasteiger partial charge < -0.3 is 25.4 Å². The highest BCUT2D eigenvalue weighted by Crippen LogP contribution is 2.35. The molecule has 46 heavy (non-hydrogen) atoms. The van der Waals surface area contributed by atoms with Crippen molar-refractivity contribution in [1.82, 2.24) is 15.1 Å². The van der Waals surface area contributed by atoms with Crippen LogP contribution < -0.4 is 10.6 Å². The minimum atomic E-state index is -0.897. The summed E-state index contributed by atoms with van der Waals surface area (Å²) in [5.74, 6) is -0.343. The van der Waals surface area contributed by atoms with Gasteiger partial charge in [-0.05, 0) is 73.3 Å². The summed E-state index contributed by atoms with van der Waals surface area (Å²) in [7, 11) is 0. The molecule has 0 saturated carbocycles. The Balaban J connectivity index is 0.00000480. The second kappa shape index (κ2) is 16.2. The highest BCUT2D eigenvalue weighted by molar-refractivity contribution is 6.00. The van der Waals surface area contributed by atoms with Crippen molar-refractivity contribution in [3.8, 4) is 0 Å². The lowest BCUT2D eigenvalue weighted by Crippen LogP contribution is -2.75. The quantitative estimate of drug-likeness (QED) is 0.328. The van der Waals surface area contributed by atoms with E-state index in [-0.39, 0.29) is 42.0 Å². The molecule has 1 spiro atoms. The zero-order valence-corrected chi connectivity index (χ0v) is 28.3. The number of nitrogens with zero attached hydrogens (tertiary/aromatic N) is 2. The average molecular weight is 655 g/mol. The van der Waals surface area contributed by atoms with Crippen LogP contribution in [0.1, 0.15) is 76.0 Å². The number of aliphatic hydroxyl groups excluding tert-OH is 1. The van der Waals surface area contributed by atoms with Gasteiger partial charge in [-0.3, -0.25) is 19.3 Å². The van der Waals surface area contributed by atoms with Crippen molar-refractivity contribution in [1.29, 1.82) is 0 Å². The van der Waals surface area contributed by atoms with Crippen LogP contribution in [0.25, 0.3) is 0 Å². The monoisotopic (exact) mass is 654 g/mol. The van der Waals surface area contributed by atoms with Gasteiger partial charge in [-0.2, -0.15) is 0 Å². The molecule has 3 fully saturated rings. The van der Waals surface area contributed by atoms with Crippen LogP contribution in [0.5, 0.6) is 0 Å². The number of amides is 3. The Kier molecular flexibility index (Phi) is 12.6. The van der Waals surface area contributed by atoms with Gasteiger partial charge in [0.05, 0.1) is 6.10 Å². The van der Waals surface area contributed by atoms with Gasteiger partial charge >= 0.3 is 0 Å². The number of unbranched alkanes of at least 4 members (excludes halogenated alkanes) is 1. The highest BCUT2D eigenvalue weighted by Gasteiger charge is 2.55. The van der Waals surface area contributed by atoms with E-state index in [1.165, 1.54) is 16.7 Å². The summed E-state index contributed by atoms with van der Waals surface area (Å²) in [6.07, 6.45) is 4.24. The van der Waals surface area contributed by atoms with Crippen molar-refractivity contribution in [2.45, 2.75) is 89.9 Å². The van der Waals surface area contributed by atoms with Gasteiger partial charge in [0.15, 0.2) is 0 Å². The molecule has 2 aromatic carbocycles. The van der Waals surface area contributed by atoms with Gasteiger partial charge in [-0.25, -0.2) is 0 Å². The number of hydrogen-bond acceptors (Lipinski definition) is 6. The number of halogens is 1. The number of aliphatic hydroxyl groups is 1. The molecule has 3 N–H and O–H groups in total. The molecule has 0 radical (unpaired) electrons. The fourth-order valence-electron chi connectivity index (χ4n) is 6.87. The van der Waals surface area contributed by atoms with Crippen LogP contribution in [-0.2, 0) is 32.1 Å². The van der Waals surface area contributed by atoms with E-state index in [4.69, 9.17) is 4.74 Å². The maximum atomic E-state index is 13.8. The Hall–Kier alpha value is -2.98. The molecule has 0 aliphatic carbocycles. The third-order valence-corrected chi connectivity index (χ3v) is 9.85. The first-order valence-electron chi connectivity index (χ1n) is 16.8. The predicted molar refractivity (Wildman–Crippen MR) is 182 cm³/mol. The summed E-state index contributed by atoms with van der Waals surface area (Å²) in [6, 6.07) is 15.8. The van der Waals surface area contributed by atoms with Crippen LogP contribution in [0.4, 0.5) is 5.69 Å². The third kappa shape index (κ3) is 8.29. The first-order chi connectivity index (χ1) is 21.7. The van der Waals surface area contributed by atoms with E-state index in [1.54, 1.807) is 0 Å². The number of rotatable bonds is 11. The topological polar surface area (TPSA) is 111 Å². The number of piperidine rings is 1. The fourth-order valence-corrected chi connectivity index (χ4v) is 6.87. The molecule has 3 aliphatic rings. The van der Waals surface area contributed by atoms with Crippen LogP contribution >= 0.6 is 12.4 Å². The average Bonchev–Trinajstić information content (AvgIpc) is 3.05. The van der Waals surface area contributed by atoms with E-state index < -0.39 is 17.7 Å². The largest absolute Gasteiger partial charge is 0.390 e. The van der Waals surface area contributed by atoms with Gasteiger partial charge in [0, 0.05) is 51.0 Å². The number of benzene rings is 2. The fraction of sp³-hybridized carbons (Fsp3) is 0.583. The number of likely N-dealkylation sites (tertiary alicyclic amines) is 1. The number of piperazine rings is 1. The molecule has 0 aromatic heterocycles. The standard InChI is InChI=1S/C36H50N4O5.ClH/c1-4-5-18-40-34(43)31(32(41)29-14-21-45-22-15-29)38-35(44)36(40)16-19-39(20-17-36)24-28-8-6-26(7-9-28)23-27-10-12-30(13-11-27)37-33(42)25(2)3;/h6-13,25,29,31-32,41H,4-5,14-24H2,1-3H3,(H,37,42)(H,38,44);1H/t31-,32-;/m1./s1. The van der Waals surface area contributed by atoms with Crippen molar-refractivity contribution in [2.24, 2.45) is 11.8 Å². The Morgan fingerprint density at radius 1 is 1.00 bits per heavy atom. The van der Waals surface area contributed by atoms with Gasteiger partial charge in [0.2, 0.25) is 17.7 Å². The van der Waals surface area contributed by atoms with Crippen LogP contribution in [0.2, 0.25) is 0 Å². The number of carbonyl (C=O) groups excluding carboxylic acids is 3. The minimum Gasteiger partial charge on any atom is -0.390 e. The molecule has 252 valence electrons. The molecule has 2 aromatic rings. The third-order valence-electron chi connectivity index (χ3n) is 9.85. The van der Waals surface area contributed by atoms with Crippen molar-refractivity contribution in [3.63, 3.8) is 0 Å². The number of ether oxygens (including phenoxy) is 1. The summed E-state index contributed by atoms with van der Waals surface area (Å²) < 4.78 is 5.44. The maximum absolute atomic E-state index is 13.8. The van der Waals surface area contributed by atoms with Crippen LogP contribution in [0.3, 0.4) is 0 Å². The molecule has 5 rings (SSSR count). The molecule has 9 nitrogen and oxygen atoms in total. The van der Waals surface area contributed by atoms with Crippen molar-refractivity contribution in [2.75, 3.05) is 38.2 Å². The molecule has 0 unspecified atom stereocenters. The maximum Gasteiger partial charge on any atom is 0.248 e. The highest BCUT2D eigenvalue weighted by atomic mass is 35.5. The van der Waals surface area contributed by atoms with Crippen LogP contribution in [-0.4, -0.2) is 83.2 Å². The second-order valence-corrected chi connectivity index (χ2v) is 13.4. The Labute approximate surface area is 279 Å². The van der Waals surface area contributed by atoms with E-state index in [1.807, 2.05) is 30.9 Å². The van der Waals surface area contributed by atoms with E-state index in [0.29, 0.717) is 45.4 Å². The van der Waals surface area contributed by atoms with E-state index in [0.717, 1.165) is 44.6 Å². The summed E-state index contributed by atoms with van der Waals surface area (Å²) in [5.41, 5.74) is 3.57. The zero-order valence-electron chi connectivity index (χ0n) is 27.5. The summed E-state index contributed by atoms with van der Waals surface area (Å²) in [4.78, 5) is 43.7. The van der Waals surface area contributed by atoms with E-state index in [2.05, 4.69) is 58.9 Å². The Morgan fingerprint density at radius 2 is 1.59 bits per heavy atom. The molecular formula is C36H51ClN4O5. The molecule has 2 atom stereocenters. The van der Waals surface area contributed by atoms with Gasteiger partial charge in [-0.1, -0.05) is 63.6 Å². The number of carbonyl (C=O) groups is 3. The lowest BCUT2D eigenvalue weighted by atomic mass is 9.79. The normalized spacial score (nSPS) is 21.2. The first-order valence-corrected chi connectivity index (χ1v) is 16.8. The Morgan fingerprint density at radius 3 is 2.17 bits per heavy atom. The minimum absolute atomic E-state index is 0. The zero-order chi connectivity index (χ0) is 32.0. The summed E-state index contributed by atoms with van der Waals surface area (Å²) in [6.45, 7) is 9.77. The van der Waals surface area contributed by atoms with Gasteiger partial charge in [-0.15, -0.1) is 12.4 Å². The SMILES string of the molecule is CCCCN1C(=O)[C@@H]([C@H](O)C2CCOCC2)NC(=O)C12CCN(Cc1ccc(Cc3ccc(NC(=O)C(C)C)cc3)cc1)CC2.Cl. The van der Waals surface area contributed by atoms with Crippen LogP contribution in [0, 0.1) is 11.8 Å². The lowest BCUT2D eigenvalue weighted by molar-refractivity contribution is -0.166. The molecule has 3 aliphatic heterocycles.